The molecule has 13 nitrogen and oxygen atoms in total. The molecule has 4 aromatic carbocycles. The first-order valence-corrected chi connectivity index (χ1v) is 12.5. The fourth-order valence-electron chi connectivity index (χ4n) is 5.50. The zero-order valence-electron chi connectivity index (χ0n) is 21.4. The molecule has 0 saturated heterocycles. The average molecular weight is 572 g/mol. The van der Waals surface area contributed by atoms with E-state index in [1.54, 1.807) is 12.1 Å². The molecule has 13 heteroatoms. The molecule has 206 valence electrons. The lowest BCUT2D eigenvalue weighted by Gasteiger charge is -2.18. The van der Waals surface area contributed by atoms with Gasteiger partial charge in [0.1, 0.15) is 22.3 Å². The zero-order valence-corrected chi connectivity index (χ0v) is 21.4. The first kappa shape index (κ1) is 25.5. The minimum Gasteiger partial charge on any atom is -0.416 e. The number of ketones is 4. The second kappa shape index (κ2) is 9.01. The summed E-state index contributed by atoms with van der Waals surface area (Å²) in [6.45, 7) is 0. The van der Waals surface area contributed by atoms with Gasteiger partial charge in [-0.1, -0.05) is 48.5 Å². The number of carbonyl (C=O) groups is 4. The van der Waals surface area contributed by atoms with Gasteiger partial charge in [0.2, 0.25) is 11.6 Å². The van der Waals surface area contributed by atoms with Crippen LogP contribution < -0.4 is 0 Å². The highest BCUT2D eigenvalue weighted by Crippen LogP contribution is 2.43. The van der Waals surface area contributed by atoms with Gasteiger partial charge in [0.05, 0.1) is 9.85 Å². The Morgan fingerprint density at radius 2 is 0.791 bits per heavy atom. The monoisotopic (exact) mass is 572 g/mol. The number of rotatable bonds is 4. The Bertz CT molecular complexity index is 2030. The minimum absolute atomic E-state index is 0.00283. The Kier molecular flexibility index (Phi) is 5.33. The Morgan fingerprint density at radius 1 is 0.465 bits per heavy atom. The molecule has 0 saturated carbocycles. The maximum Gasteiger partial charge on any atom is 0.294 e. The van der Waals surface area contributed by atoms with Crippen molar-refractivity contribution in [3.8, 4) is 22.9 Å². The van der Waals surface area contributed by atoms with Crippen molar-refractivity contribution in [1.29, 1.82) is 0 Å². The highest BCUT2D eigenvalue weighted by atomic mass is 16.6. The molecule has 0 atom stereocenters. The summed E-state index contributed by atoms with van der Waals surface area (Å²) in [4.78, 5) is 75.7. The lowest BCUT2D eigenvalue weighted by molar-refractivity contribution is -0.384. The predicted octanol–water partition coefficient (Wildman–Crippen LogP) is 4.77. The van der Waals surface area contributed by atoms with Crippen molar-refractivity contribution in [3.63, 3.8) is 0 Å². The molecule has 1 heterocycles. The number of fused-ring (bicyclic) bond motifs is 4. The molecule has 43 heavy (non-hydrogen) atoms. The first-order valence-electron chi connectivity index (χ1n) is 12.5. The minimum atomic E-state index is -0.847. The summed E-state index contributed by atoms with van der Waals surface area (Å²) < 4.78 is 5.66. The molecule has 2 aliphatic rings. The first-order chi connectivity index (χ1) is 20.7. The molecule has 0 amide bonds. The smallest absolute Gasteiger partial charge is 0.294 e. The fraction of sp³-hybridized carbons (Fsp3) is 0. The molecule has 2 aliphatic carbocycles. The molecule has 0 aliphatic heterocycles. The number of benzene rings is 4. The van der Waals surface area contributed by atoms with E-state index in [0.717, 1.165) is 0 Å². The normalized spacial score (nSPS) is 13.2. The summed E-state index contributed by atoms with van der Waals surface area (Å²) in [5, 5.41) is 32.2. The van der Waals surface area contributed by atoms with Crippen molar-refractivity contribution in [2.45, 2.75) is 0 Å². The summed E-state index contributed by atoms with van der Waals surface area (Å²) >= 11 is 0. The van der Waals surface area contributed by atoms with Crippen LogP contribution in [0, 0.1) is 20.2 Å². The van der Waals surface area contributed by atoms with Crippen LogP contribution in [0.15, 0.2) is 77.2 Å². The third-order valence-corrected chi connectivity index (χ3v) is 7.38. The van der Waals surface area contributed by atoms with Gasteiger partial charge in [-0.25, -0.2) is 0 Å². The van der Waals surface area contributed by atoms with E-state index in [1.807, 2.05) is 0 Å². The van der Waals surface area contributed by atoms with E-state index in [4.69, 9.17) is 4.42 Å². The Balaban J connectivity index is 1.39. The number of aromatic nitrogens is 2. The van der Waals surface area contributed by atoms with Crippen LogP contribution in [0.1, 0.15) is 63.7 Å². The number of carbonyl (C=O) groups excluding carboxylic acids is 4. The van der Waals surface area contributed by atoms with Gasteiger partial charge in [0.15, 0.2) is 11.6 Å². The second-order valence-electron chi connectivity index (χ2n) is 9.60. The Hall–Kier alpha value is -6.50. The molecule has 1 aromatic heterocycles. The van der Waals surface area contributed by atoms with Crippen molar-refractivity contribution in [2.24, 2.45) is 0 Å². The molecule has 0 fully saturated rings. The van der Waals surface area contributed by atoms with Gasteiger partial charge in [-0.15, -0.1) is 10.2 Å². The summed E-state index contributed by atoms with van der Waals surface area (Å²) in [7, 11) is 0. The number of nitro benzene ring substituents is 2. The molecule has 0 radical (unpaired) electrons. The van der Waals surface area contributed by atoms with Crippen molar-refractivity contribution in [2.75, 3.05) is 0 Å². The van der Waals surface area contributed by atoms with E-state index in [-0.39, 0.29) is 44.5 Å². The Labute approximate surface area is 238 Å². The fourth-order valence-corrected chi connectivity index (χ4v) is 5.50. The maximum atomic E-state index is 13.3. The van der Waals surface area contributed by atoms with Crippen molar-refractivity contribution < 1.29 is 33.4 Å². The standard InChI is InChI=1S/C30H12N4O9/c35-25-13-5-1-3-7-15(13)27(37)21-17(25)9-11-19(23(21)33(39)40)29-31-32-30(43-29)20-12-10-18-22(24(20)34(41)42)28(38)16-8-4-2-6-14(16)26(18)36/h1-12H. The quantitative estimate of drug-likeness (QED) is 0.208. The number of nitro groups is 2. The molecular weight excluding hydrogens is 560 g/mol. The molecule has 0 N–H and O–H groups in total. The van der Waals surface area contributed by atoms with Gasteiger partial charge in [-0.05, 0) is 24.3 Å². The summed E-state index contributed by atoms with van der Waals surface area (Å²) in [5.41, 5.74) is -3.14. The lowest BCUT2D eigenvalue weighted by Crippen LogP contribution is -2.22. The molecule has 0 spiro atoms. The van der Waals surface area contributed by atoms with E-state index in [9.17, 15) is 39.4 Å². The van der Waals surface area contributed by atoms with Crippen LogP contribution in [-0.2, 0) is 0 Å². The Morgan fingerprint density at radius 3 is 1.14 bits per heavy atom. The molecule has 7 rings (SSSR count). The van der Waals surface area contributed by atoms with E-state index < -0.39 is 67.3 Å². The summed E-state index contributed by atoms with van der Waals surface area (Å²) in [6, 6.07) is 16.7. The van der Waals surface area contributed by atoms with Crippen LogP contribution in [0.2, 0.25) is 0 Å². The van der Waals surface area contributed by atoms with Crippen LogP contribution in [0.5, 0.6) is 0 Å². The van der Waals surface area contributed by atoms with Crippen LogP contribution in [0.4, 0.5) is 11.4 Å². The molecule has 5 aromatic rings. The highest BCUT2D eigenvalue weighted by Gasteiger charge is 2.40. The van der Waals surface area contributed by atoms with Crippen LogP contribution in [-0.4, -0.2) is 43.2 Å². The van der Waals surface area contributed by atoms with Gasteiger partial charge >= 0.3 is 0 Å². The van der Waals surface area contributed by atoms with Crippen molar-refractivity contribution >= 4 is 34.5 Å². The van der Waals surface area contributed by atoms with Crippen molar-refractivity contribution in [1.82, 2.24) is 10.2 Å². The van der Waals surface area contributed by atoms with Gasteiger partial charge in [-0.2, -0.15) is 0 Å². The molecule has 0 bridgehead atoms. The number of nitrogens with zero attached hydrogens (tertiary/aromatic N) is 4. The molecular formula is C30H12N4O9. The summed E-state index contributed by atoms with van der Waals surface area (Å²) in [5.74, 6) is -3.57. The van der Waals surface area contributed by atoms with E-state index >= 15 is 0 Å². The number of hydrogen-bond donors (Lipinski definition) is 0. The van der Waals surface area contributed by atoms with E-state index in [0.29, 0.717) is 0 Å². The van der Waals surface area contributed by atoms with Gasteiger partial charge in [-0.3, -0.25) is 39.4 Å². The van der Waals surface area contributed by atoms with Gasteiger partial charge in [0, 0.05) is 33.4 Å². The zero-order chi connectivity index (χ0) is 30.2. The number of hydrogen-bond acceptors (Lipinski definition) is 11. The summed E-state index contributed by atoms with van der Waals surface area (Å²) in [6.07, 6.45) is 0. The average Bonchev–Trinajstić information content (AvgIpc) is 3.51. The molecule has 0 unspecified atom stereocenters. The highest BCUT2D eigenvalue weighted by molar-refractivity contribution is 6.31. The van der Waals surface area contributed by atoms with E-state index in [1.165, 1.54) is 60.7 Å². The van der Waals surface area contributed by atoms with Crippen LogP contribution in [0.25, 0.3) is 22.9 Å². The third kappa shape index (κ3) is 3.51. The predicted molar refractivity (Wildman–Crippen MR) is 145 cm³/mol. The lowest BCUT2D eigenvalue weighted by atomic mass is 9.82. The van der Waals surface area contributed by atoms with Crippen LogP contribution >= 0.6 is 0 Å². The van der Waals surface area contributed by atoms with Crippen molar-refractivity contribution in [3.05, 3.63) is 138 Å². The third-order valence-electron chi connectivity index (χ3n) is 7.38. The SMILES string of the molecule is O=C1c2ccccc2C(=O)c2c1ccc(-c1nnc(-c3ccc4c(c3[N+](=O)[O-])C(=O)c3ccccc3C4=O)o1)c2[N+](=O)[O-]. The van der Waals surface area contributed by atoms with Gasteiger partial charge < -0.3 is 4.42 Å². The van der Waals surface area contributed by atoms with Gasteiger partial charge in [0.25, 0.3) is 23.2 Å². The maximum absolute atomic E-state index is 13.3. The second-order valence-corrected chi connectivity index (χ2v) is 9.60. The largest absolute Gasteiger partial charge is 0.416 e. The van der Waals surface area contributed by atoms with Crippen LogP contribution in [0.3, 0.4) is 0 Å². The van der Waals surface area contributed by atoms with E-state index in [2.05, 4.69) is 10.2 Å². The topological polar surface area (TPSA) is 193 Å².